The molecule has 0 saturated carbocycles. The van der Waals surface area contributed by atoms with Crippen LogP contribution in [0, 0.1) is 5.82 Å². The number of nitrogens with two attached hydrogens (primary N) is 1. The summed E-state index contributed by atoms with van der Waals surface area (Å²) in [6.45, 7) is -0.235. The van der Waals surface area contributed by atoms with Gasteiger partial charge in [0.1, 0.15) is 10.9 Å². The van der Waals surface area contributed by atoms with E-state index in [1.165, 1.54) is 19.2 Å². The molecule has 1 heterocycles. The molecule has 1 unspecified atom stereocenters. The normalized spacial score (nSPS) is 19.5. The summed E-state index contributed by atoms with van der Waals surface area (Å²) in [6.07, 6.45) is -0.300. The summed E-state index contributed by atoms with van der Waals surface area (Å²) in [6, 6.07) is 2.69. The minimum absolute atomic E-state index is 0.00767. The van der Waals surface area contributed by atoms with Crippen LogP contribution < -0.4 is 14.8 Å². The Bertz CT molecular complexity index is 665. The van der Waals surface area contributed by atoms with Gasteiger partial charge in [0.15, 0.2) is 11.6 Å². The first kappa shape index (κ1) is 15.0. The molecule has 1 aliphatic rings. The van der Waals surface area contributed by atoms with Crippen molar-refractivity contribution in [3.8, 4) is 5.75 Å². The molecule has 0 radical (unpaired) electrons. The van der Waals surface area contributed by atoms with Crippen LogP contribution in [0.4, 0.5) is 10.1 Å². The van der Waals surface area contributed by atoms with E-state index in [-0.39, 0.29) is 29.4 Å². The molecule has 1 fully saturated rings. The predicted octanol–water partition coefficient (Wildman–Crippen LogP) is 0.882. The number of methoxy groups -OCH3 is 1. The maximum absolute atomic E-state index is 14.2. The molecular formula is C11H12ClFN2O4S. The molecule has 0 aromatic heterocycles. The lowest BCUT2D eigenvalue weighted by Gasteiger charge is -2.19. The van der Waals surface area contributed by atoms with Crippen molar-refractivity contribution in [1.29, 1.82) is 0 Å². The summed E-state index contributed by atoms with van der Waals surface area (Å²) in [4.78, 5) is 12.9. The number of sulfonamides is 1. The van der Waals surface area contributed by atoms with E-state index in [0.29, 0.717) is 0 Å². The Balaban J connectivity index is 2.45. The standard InChI is InChI=1S/C11H12ClFN2O4S/c1-19-8-3-2-7(12)11(10(8)13)15-5-6(4-9(15)16)20(14,17)18/h2-3,6H,4-5H2,1H3,(H2,14,17,18). The van der Waals surface area contributed by atoms with Crippen molar-refractivity contribution in [2.24, 2.45) is 5.14 Å². The van der Waals surface area contributed by atoms with Crippen LogP contribution in [0.3, 0.4) is 0 Å². The largest absolute Gasteiger partial charge is 0.494 e. The molecule has 110 valence electrons. The van der Waals surface area contributed by atoms with Crippen LogP contribution in [-0.2, 0) is 14.8 Å². The second-order valence-electron chi connectivity index (χ2n) is 4.33. The lowest BCUT2D eigenvalue weighted by molar-refractivity contribution is -0.117. The minimum Gasteiger partial charge on any atom is -0.494 e. The highest BCUT2D eigenvalue weighted by molar-refractivity contribution is 7.89. The fourth-order valence-corrected chi connectivity index (χ4v) is 3.02. The Labute approximate surface area is 120 Å². The SMILES string of the molecule is COc1ccc(Cl)c(N2CC(S(N)(=O)=O)CC2=O)c1F. The third-order valence-electron chi connectivity index (χ3n) is 3.08. The third-order valence-corrected chi connectivity index (χ3v) is 4.63. The number of benzene rings is 1. The van der Waals surface area contributed by atoms with Crippen LogP contribution in [0.1, 0.15) is 6.42 Å². The van der Waals surface area contributed by atoms with Crippen molar-refractivity contribution in [2.45, 2.75) is 11.7 Å². The van der Waals surface area contributed by atoms with Crippen LogP contribution in [0.25, 0.3) is 0 Å². The summed E-state index contributed by atoms with van der Waals surface area (Å²) >= 11 is 5.90. The molecule has 20 heavy (non-hydrogen) atoms. The predicted molar refractivity (Wildman–Crippen MR) is 71.8 cm³/mol. The van der Waals surface area contributed by atoms with E-state index in [2.05, 4.69) is 0 Å². The van der Waals surface area contributed by atoms with Gasteiger partial charge in [0.2, 0.25) is 15.9 Å². The first-order chi connectivity index (χ1) is 9.25. The Morgan fingerprint density at radius 3 is 2.65 bits per heavy atom. The van der Waals surface area contributed by atoms with E-state index in [9.17, 15) is 17.6 Å². The van der Waals surface area contributed by atoms with Crippen LogP contribution in [-0.4, -0.2) is 33.2 Å². The zero-order chi connectivity index (χ0) is 15.1. The topological polar surface area (TPSA) is 89.7 Å². The lowest BCUT2D eigenvalue weighted by Crippen LogP contribution is -2.32. The van der Waals surface area contributed by atoms with Gasteiger partial charge in [-0.3, -0.25) is 4.79 Å². The van der Waals surface area contributed by atoms with Gasteiger partial charge in [0.05, 0.1) is 12.1 Å². The molecule has 1 aromatic carbocycles. The summed E-state index contributed by atoms with van der Waals surface area (Å²) in [7, 11) is -2.60. The Morgan fingerprint density at radius 1 is 1.50 bits per heavy atom. The van der Waals surface area contributed by atoms with E-state index in [1.54, 1.807) is 0 Å². The van der Waals surface area contributed by atoms with Gasteiger partial charge in [-0.05, 0) is 12.1 Å². The fourth-order valence-electron chi connectivity index (χ4n) is 2.04. The third kappa shape index (κ3) is 2.58. The first-order valence-electron chi connectivity index (χ1n) is 5.59. The van der Waals surface area contributed by atoms with Crippen molar-refractivity contribution in [2.75, 3.05) is 18.6 Å². The van der Waals surface area contributed by atoms with Gasteiger partial charge in [0.25, 0.3) is 0 Å². The number of carbonyl (C=O) groups is 1. The van der Waals surface area contributed by atoms with Gasteiger partial charge >= 0.3 is 0 Å². The molecule has 1 aliphatic heterocycles. The highest BCUT2D eigenvalue weighted by atomic mass is 35.5. The number of ether oxygens (including phenoxy) is 1. The lowest BCUT2D eigenvalue weighted by atomic mass is 10.2. The van der Waals surface area contributed by atoms with Gasteiger partial charge in [-0.1, -0.05) is 11.6 Å². The maximum Gasteiger partial charge on any atom is 0.228 e. The van der Waals surface area contributed by atoms with Crippen LogP contribution in [0.15, 0.2) is 12.1 Å². The van der Waals surface area contributed by atoms with Gasteiger partial charge < -0.3 is 9.64 Å². The number of rotatable bonds is 3. The van der Waals surface area contributed by atoms with Gasteiger partial charge in [-0.15, -0.1) is 0 Å². The smallest absolute Gasteiger partial charge is 0.228 e. The number of nitrogens with zero attached hydrogens (tertiary/aromatic N) is 1. The van der Waals surface area contributed by atoms with E-state index in [4.69, 9.17) is 21.5 Å². The number of amides is 1. The molecule has 9 heteroatoms. The number of halogens is 2. The van der Waals surface area contributed by atoms with E-state index >= 15 is 0 Å². The summed E-state index contributed by atoms with van der Waals surface area (Å²) in [5.41, 5.74) is -0.192. The van der Waals surface area contributed by atoms with Gasteiger partial charge in [-0.25, -0.2) is 17.9 Å². The second-order valence-corrected chi connectivity index (χ2v) is 6.58. The van der Waals surface area contributed by atoms with Crippen molar-refractivity contribution in [1.82, 2.24) is 0 Å². The Kier molecular flexibility index (Phi) is 3.90. The van der Waals surface area contributed by atoms with E-state index in [0.717, 1.165) is 4.90 Å². The molecule has 0 aliphatic carbocycles. The zero-order valence-corrected chi connectivity index (χ0v) is 12.0. The number of hydrogen-bond donors (Lipinski definition) is 1. The van der Waals surface area contributed by atoms with Gasteiger partial charge in [-0.2, -0.15) is 0 Å². The molecule has 1 amide bonds. The molecule has 1 saturated heterocycles. The Morgan fingerprint density at radius 2 is 2.15 bits per heavy atom. The minimum atomic E-state index is -3.88. The molecule has 2 rings (SSSR count). The molecular weight excluding hydrogens is 311 g/mol. The molecule has 0 spiro atoms. The summed E-state index contributed by atoms with van der Waals surface area (Å²) < 4.78 is 41.6. The first-order valence-corrected chi connectivity index (χ1v) is 7.58. The zero-order valence-electron chi connectivity index (χ0n) is 10.5. The van der Waals surface area contributed by atoms with Crippen LogP contribution in [0.5, 0.6) is 5.75 Å². The average Bonchev–Trinajstić information content (AvgIpc) is 2.72. The van der Waals surface area contributed by atoms with Crippen LogP contribution in [0.2, 0.25) is 5.02 Å². The number of carbonyl (C=O) groups excluding carboxylic acids is 1. The quantitative estimate of drug-likeness (QED) is 0.894. The molecule has 1 atom stereocenters. The highest BCUT2D eigenvalue weighted by Gasteiger charge is 2.39. The molecule has 6 nitrogen and oxygen atoms in total. The van der Waals surface area contributed by atoms with E-state index < -0.39 is 27.0 Å². The molecule has 0 bridgehead atoms. The number of anilines is 1. The number of hydrogen-bond acceptors (Lipinski definition) is 4. The Hall–Kier alpha value is -1.38. The van der Waals surface area contributed by atoms with Crippen molar-refractivity contribution < 1.29 is 22.3 Å². The van der Waals surface area contributed by atoms with Crippen molar-refractivity contribution >= 4 is 33.2 Å². The molecule has 1 aromatic rings. The second kappa shape index (κ2) is 5.19. The van der Waals surface area contributed by atoms with Crippen LogP contribution >= 0.6 is 11.6 Å². The summed E-state index contributed by atoms with van der Waals surface area (Å²) in [5, 5.41) is 3.94. The average molecular weight is 323 g/mol. The van der Waals surface area contributed by atoms with Crippen molar-refractivity contribution in [3.63, 3.8) is 0 Å². The maximum atomic E-state index is 14.2. The van der Waals surface area contributed by atoms with E-state index in [1.807, 2.05) is 0 Å². The molecule has 2 N–H and O–H groups in total. The highest BCUT2D eigenvalue weighted by Crippen LogP contribution is 2.37. The summed E-state index contributed by atoms with van der Waals surface area (Å²) in [5.74, 6) is -1.46. The fraction of sp³-hybridized carbons (Fsp3) is 0.364. The monoisotopic (exact) mass is 322 g/mol. The van der Waals surface area contributed by atoms with Gasteiger partial charge in [0, 0.05) is 13.0 Å². The van der Waals surface area contributed by atoms with Crippen molar-refractivity contribution in [3.05, 3.63) is 23.0 Å². The number of primary sulfonamides is 1.